The lowest BCUT2D eigenvalue weighted by Gasteiger charge is -2.12. The monoisotopic (exact) mass is 382 g/mol. The van der Waals surface area contributed by atoms with Crippen LogP contribution in [0.4, 0.5) is 0 Å². The lowest BCUT2D eigenvalue weighted by molar-refractivity contribution is 0.0701. The van der Waals surface area contributed by atoms with E-state index in [2.05, 4.69) is 26.2 Å². The number of nitrogens with zero attached hydrogens (tertiary/aromatic N) is 1. The molecule has 1 aromatic carbocycles. The highest BCUT2D eigenvalue weighted by atomic mass is 79.9. The zero-order valence-corrected chi connectivity index (χ0v) is 14.7. The van der Waals surface area contributed by atoms with Crippen LogP contribution in [-0.4, -0.2) is 22.0 Å². The van der Waals surface area contributed by atoms with Crippen molar-refractivity contribution in [3.05, 3.63) is 49.4 Å². The highest BCUT2D eigenvalue weighted by Gasteiger charge is 2.20. The minimum absolute atomic E-state index is 0.201. The van der Waals surface area contributed by atoms with Crippen molar-refractivity contribution in [3.8, 4) is 0 Å². The van der Waals surface area contributed by atoms with E-state index in [1.807, 2.05) is 19.1 Å². The van der Waals surface area contributed by atoms with Gasteiger partial charge in [-0.25, -0.2) is 9.78 Å². The summed E-state index contributed by atoms with van der Waals surface area (Å²) in [5.74, 6) is -1.23. The van der Waals surface area contributed by atoms with Crippen LogP contribution in [0.1, 0.15) is 49.3 Å². The van der Waals surface area contributed by atoms with E-state index in [1.54, 1.807) is 19.9 Å². The van der Waals surface area contributed by atoms with Crippen molar-refractivity contribution in [3.63, 3.8) is 0 Å². The maximum Gasteiger partial charge on any atom is 0.347 e. The molecule has 1 heterocycles. The number of carboxylic acids is 1. The molecular weight excluding hydrogens is 368 g/mol. The Bertz CT molecular complexity index is 742. The fourth-order valence-corrected chi connectivity index (χ4v) is 3.52. The predicted molar refractivity (Wildman–Crippen MR) is 88.6 cm³/mol. The number of aromatic carboxylic acids is 1. The number of hydrogen-bond acceptors (Lipinski definition) is 4. The molecule has 5 nitrogen and oxygen atoms in total. The minimum atomic E-state index is -0.999. The largest absolute Gasteiger partial charge is 0.477 e. The van der Waals surface area contributed by atoms with Gasteiger partial charge in [0.15, 0.2) is 0 Å². The average molecular weight is 383 g/mol. The number of aryl methyl sites for hydroxylation is 2. The van der Waals surface area contributed by atoms with Crippen LogP contribution in [0.25, 0.3) is 0 Å². The summed E-state index contributed by atoms with van der Waals surface area (Å²) in [6.07, 6.45) is 0. The number of carbonyl (C=O) groups excluding carboxylic acids is 1. The van der Waals surface area contributed by atoms with Gasteiger partial charge >= 0.3 is 5.97 Å². The van der Waals surface area contributed by atoms with Crippen molar-refractivity contribution in [1.82, 2.24) is 10.3 Å². The molecule has 1 amide bonds. The highest BCUT2D eigenvalue weighted by molar-refractivity contribution is 9.10. The first-order valence-corrected chi connectivity index (χ1v) is 8.18. The standard InChI is InChI=1S/C15H15BrN2O3S/c1-7-4-5-10(11(16)6-7)13(19)17-9(3)14-18-8(2)12(22-14)15(20)21/h4-6,9H,1-3H3,(H,17,19)(H,20,21). The number of halogens is 1. The second kappa shape index (κ2) is 6.58. The average Bonchev–Trinajstić information content (AvgIpc) is 2.80. The third kappa shape index (κ3) is 3.53. The Morgan fingerprint density at radius 1 is 1.36 bits per heavy atom. The summed E-state index contributed by atoms with van der Waals surface area (Å²) >= 11 is 4.46. The van der Waals surface area contributed by atoms with Gasteiger partial charge < -0.3 is 10.4 Å². The molecule has 7 heteroatoms. The van der Waals surface area contributed by atoms with Gasteiger partial charge in [-0.1, -0.05) is 6.07 Å². The Hall–Kier alpha value is -1.73. The third-order valence-electron chi connectivity index (χ3n) is 3.09. The minimum Gasteiger partial charge on any atom is -0.477 e. The summed E-state index contributed by atoms with van der Waals surface area (Å²) in [4.78, 5) is 27.8. The molecule has 2 N–H and O–H groups in total. The molecule has 1 unspecified atom stereocenters. The van der Waals surface area contributed by atoms with Gasteiger partial charge in [0.25, 0.3) is 5.91 Å². The molecule has 0 spiro atoms. The van der Waals surface area contributed by atoms with Gasteiger partial charge in [-0.3, -0.25) is 4.79 Å². The Labute approximate surface area is 140 Å². The third-order valence-corrected chi connectivity index (χ3v) is 5.08. The molecule has 2 rings (SSSR count). The predicted octanol–water partition coefficient (Wildman–Crippen LogP) is 3.71. The number of aromatic nitrogens is 1. The molecule has 0 saturated carbocycles. The van der Waals surface area contributed by atoms with Crippen LogP contribution in [0.15, 0.2) is 22.7 Å². The van der Waals surface area contributed by atoms with E-state index in [4.69, 9.17) is 5.11 Å². The molecule has 0 aliphatic carbocycles. The van der Waals surface area contributed by atoms with Gasteiger partial charge in [0.2, 0.25) is 0 Å². The van der Waals surface area contributed by atoms with E-state index < -0.39 is 5.97 Å². The molecule has 0 saturated heterocycles. The number of nitrogens with one attached hydrogen (secondary N) is 1. The molecule has 0 aliphatic heterocycles. The Morgan fingerprint density at radius 2 is 2.05 bits per heavy atom. The maximum absolute atomic E-state index is 12.3. The lowest BCUT2D eigenvalue weighted by Crippen LogP contribution is -2.26. The molecule has 116 valence electrons. The van der Waals surface area contributed by atoms with Crippen LogP contribution in [-0.2, 0) is 0 Å². The van der Waals surface area contributed by atoms with Crippen LogP contribution in [0.2, 0.25) is 0 Å². The van der Waals surface area contributed by atoms with Gasteiger partial charge in [-0.2, -0.15) is 0 Å². The maximum atomic E-state index is 12.3. The number of carbonyl (C=O) groups is 2. The second-order valence-corrected chi connectivity index (χ2v) is 6.84. The quantitative estimate of drug-likeness (QED) is 0.844. The molecule has 0 radical (unpaired) electrons. The van der Waals surface area contributed by atoms with E-state index in [-0.39, 0.29) is 16.8 Å². The smallest absolute Gasteiger partial charge is 0.347 e. The van der Waals surface area contributed by atoms with Gasteiger partial charge in [0, 0.05) is 4.47 Å². The molecule has 1 aromatic heterocycles. The Balaban J connectivity index is 2.17. The summed E-state index contributed by atoms with van der Waals surface area (Å²) in [5, 5.41) is 12.5. The zero-order valence-electron chi connectivity index (χ0n) is 12.3. The van der Waals surface area contributed by atoms with Crippen LogP contribution in [0.5, 0.6) is 0 Å². The fourth-order valence-electron chi connectivity index (χ4n) is 1.94. The Morgan fingerprint density at radius 3 is 2.59 bits per heavy atom. The van der Waals surface area contributed by atoms with Gasteiger partial charge in [-0.15, -0.1) is 11.3 Å². The fraction of sp³-hybridized carbons (Fsp3) is 0.267. The first kappa shape index (κ1) is 16.6. The van der Waals surface area contributed by atoms with Crippen LogP contribution < -0.4 is 5.32 Å². The molecule has 2 aromatic rings. The zero-order chi connectivity index (χ0) is 16.4. The van der Waals surface area contributed by atoms with Crippen molar-refractivity contribution in [2.75, 3.05) is 0 Å². The van der Waals surface area contributed by atoms with Crippen molar-refractivity contribution in [2.24, 2.45) is 0 Å². The molecule has 1 atom stereocenters. The normalized spacial score (nSPS) is 12.0. The summed E-state index contributed by atoms with van der Waals surface area (Å²) < 4.78 is 0.721. The van der Waals surface area contributed by atoms with Crippen molar-refractivity contribution >= 4 is 39.1 Å². The SMILES string of the molecule is Cc1ccc(C(=O)NC(C)c2nc(C)c(C(=O)O)s2)c(Br)c1. The summed E-state index contributed by atoms with van der Waals surface area (Å²) in [6.45, 7) is 5.37. The van der Waals surface area contributed by atoms with Gasteiger partial charge in [-0.05, 0) is 54.4 Å². The van der Waals surface area contributed by atoms with Gasteiger partial charge in [0.1, 0.15) is 9.88 Å². The number of rotatable bonds is 4. The molecule has 0 fully saturated rings. The molecule has 0 bridgehead atoms. The first-order chi connectivity index (χ1) is 10.3. The summed E-state index contributed by atoms with van der Waals surface area (Å²) in [5.41, 5.74) is 2.05. The van der Waals surface area contributed by atoms with E-state index in [0.717, 1.165) is 21.4 Å². The van der Waals surface area contributed by atoms with Crippen LogP contribution in [0.3, 0.4) is 0 Å². The topological polar surface area (TPSA) is 79.3 Å². The van der Waals surface area contributed by atoms with Crippen LogP contribution >= 0.6 is 27.3 Å². The number of hydrogen-bond donors (Lipinski definition) is 2. The number of thiazole rings is 1. The van der Waals surface area contributed by atoms with E-state index in [1.165, 1.54) is 0 Å². The Kier molecular flexibility index (Phi) is 4.97. The highest BCUT2D eigenvalue weighted by Crippen LogP contribution is 2.25. The van der Waals surface area contributed by atoms with Crippen LogP contribution in [0, 0.1) is 13.8 Å². The van der Waals surface area contributed by atoms with Crippen molar-refractivity contribution in [2.45, 2.75) is 26.8 Å². The van der Waals surface area contributed by atoms with E-state index in [0.29, 0.717) is 16.3 Å². The first-order valence-electron chi connectivity index (χ1n) is 6.57. The molecule has 0 aliphatic rings. The van der Waals surface area contributed by atoms with Crippen molar-refractivity contribution < 1.29 is 14.7 Å². The lowest BCUT2D eigenvalue weighted by atomic mass is 10.1. The molecule has 22 heavy (non-hydrogen) atoms. The number of benzene rings is 1. The molecular formula is C15H15BrN2O3S. The van der Waals surface area contributed by atoms with Gasteiger partial charge in [0.05, 0.1) is 17.3 Å². The van der Waals surface area contributed by atoms with Crippen molar-refractivity contribution in [1.29, 1.82) is 0 Å². The van der Waals surface area contributed by atoms with E-state index >= 15 is 0 Å². The number of carboxylic acid groups (broad SMARTS) is 1. The van der Waals surface area contributed by atoms with E-state index in [9.17, 15) is 9.59 Å². The number of amides is 1. The summed E-state index contributed by atoms with van der Waals surface area (Å²) in [6, 6.07) is 5.12. The summed E-state index contributed by atoms with van der Waals surface area (Å²) in [7, 11) is 0. The second-order valence-electron chi connectivity index (χ2n) is 4.95.